The maximum atomic E-state index is 14.4. The number of carbonyl (C=O) groups excluding carboxylic acids is 1. The molecule has 8 heteroatoms. The highest BCUT2D eigenvalue weighted by molar-refractivity contribution is 5.96. The van der Waals surface area contributed by atoms with Crippen molar-refractivity contribution in [3.05, 3.63) is 71.3 Å². The normalized spacial score (nSPS) is 18.0. The number of halogens is 1. The average molecular weight is 455 g/mol. The summed E-state index contributed by atoms with van der Waals surface area (Å²) < 4.78 is 19.8. The summed E-state index contributed by atoms with van der Waals surface area (Å²) in [5.74, 6) is 0.0207. The molecule has 0 N–H and O–H groups in total. The number of morpholine rings is 1. The molecule has 6 rings (SSSR count). The lowest BCUT2D eigenvalue weighted by Crippen LogP contribution is -2.40. The molecule has 1 aliphatic carbocycles. The first-order chi connectivity index (χ1) is 16.6. The van der Waals surface area contributed by atoms with Gasteiger partial charge in [-0.2, -0.15) is 5.26 Å². The number of anilines is 2. The van der Waals surface area contributed by atoms with E-state index in [2.05, 4.69) is 20.9 Å². The minimum Gasteiger partial charge on any atom is -0.378 e. The predicted molar refractivity (Wildman–Crippen MR) is 123 cm³/mol. The van der Waals surface area contributed by atoms with Crippen LogP contribution in [0.4, 0.5) is 16.0 Å². The van der Waals surface area contributed by atoms with Crippen LogP contribution >= 0.6 is 0 Å². The third-order valence-corrected chi connectivity index (χ3v) is 7.02. The van der Waals surface area contributed by atoms with Crippen LogP contribution in [0, 0.1) is 17.1 Å². The van der Waals surface area contributed by atoms with E-state index in [1.165, 1.54) is 17.7 Å². The van der Waals surface area contributed by atoms with Crippen molar-refractivity contribution in [3.8, 4) is 17.2 Å². The smallest absolute Gasteiger partial charge is 0.254 e. The van der Waals surface area contributed by atoms with E-state index in [1.54, 1.807) is 18.5 Å². The number of carbonyl (C=O) groups is 1. The minimum absolute atomic E-state index is 0.00245. The van der Waals surface area contributed by atoms with Gasteiger partial charge in [0.15, 0.2) is 0 Å². The SMILES string of the molecule is N#Cc1cccc(F)c1-c1cnc(N2CC3(CC3)c3ccc(C(=O)N4CCOCC4)cc32)nc1. The van der Waals surface area contributed by atoms with Gasteiger partial charge in [0.1, 0.15) is 5.82 Å². The number of hydrogen-bond donors (Lipinski definition) is 0. The Bertz CT molecular complexity index is 1320. The van der Waals surface area contributed by atoms with Crippen molar-refractivity contribution in [3.63, 3.8) is 0 Å². The van der Waals surface area contributed by atoms with E-state index in [0.717, 1.165) is 25.1 Å². The zero-order chi connectivity index (χ0) is 23.3. The molecule has 0 radical (unpaired) electrons. The van der Waals surface area contributed by atoms with Crippen LogP contribution < -0.4 is 4.90 Å². The highest BCUT2D eigenvalue weighted by Crippen LogP contribution is 2.57. The van der Waals surface area contributed by atoms with Crippen LogP contribution in [0.15, 0.2) is 48.8 Å². The summed E-state index contributed by atoms with van der Waals surface area (Å²) in [6, 6.07) is 12.4. The molecule has 0 unspecified atom stereocenters. The summed E-state index contributed by atoms with van der Waals surface area (Å²) in [6.45, 7) is 3.05. The van der Waals surface area contributed by atoms with Crippen LogP contribution in [-0.4, -0.2) is 53.6 Å². The molecule has 0 bridgehead atoms. The topological polar surface area (TPSA) is 82.4 Å². The highest BCUT2D eigenvalue weighted by atomic mass is 19.1. The van der Waals surface area contributed by atoms with Crippen molar-refractivity contribution in [2.75, 3.05) is 37.7 Å². The van der Waals surface area contributed by atoms with Crippen LogP contribution in [0.2, 0.25) is 0 Å². The second kappa shape index (κ2) is 7.89. The Morgan fingerprint density at radius 3 is 2.59 bits per heavy atom. The second-order valence-electron chi connectivity index (χ2n) is 9.05. The van der Waals surface area contributed by atoms with E-state index < -0.39 is 5.82 Å². The molecule has 1 aromatic heterocycles. The van der Waals surface area contributed by atoms with Crippen LogP contribution in [0.25, 0.3) is 11.1 Å². The number of nitriles is 1. The van der Waals surface area contributed by atoms with Crippen molar-refractivity contribution < 1.29 is 13.9 Å². The third-order valence-electron chi connectivity index (χ3n) is 7.02. The number of benzene rings is 2. The van der Waals surface area contributed by atoms with Crippen molar-refractivity contribution >= 4 is 17.5 Å². The highest BCUT2D eigenvalue weighted by Gasteiger charge is 2.52. The summed E-state index contributed by atoms with van der Waals surface area (Å²) in [5.41, 5.74) is 3.80. The Hall–Kier alpha value is -3.83. The third kappa shape index (κ3) is 3.32. The number of rotatable bonds is 3. The number of hydrogen-bond acceptors (Lipinski definition) is 6. The van der Waals surface area contributed by atoms with E-state index in [1.807, 2.05) is 23.1 Å². The van der Waals surface area contributed by atoms with Crippen molar-refractivity contribution in [1.29, 1.82) is 5.26 Å². The molecule has 3 aliphatic rings. The van der Waals surface area contributed by atoms with E-state index in [9.17, 15) is 14.4 Å². The first kappa shape index (κ1) is 20.8. The van der Waals surface area contributed by atoms with E-state index in [-0.39, 0.29) is 22.4 Å². The Labute approximate surface area is 196 Å². The number of nitrogens with zero attached hydrogens (tertiary/aromatic N) is 5. The Morgan fingerprint density at radius 2 is 1.88 bits per heavy atom. The van der Waals surface area contributed by atoms with E-state index in [0.29, 0.717) is 43.4 Å². The molecular formula is C26H22FN5O2. The number of amides is 1. The fourth-order valence-electron chi connectivity index (χ4n) is 5.02. The van der Waals surface area contributed by atoms with Crippen LogP contribution in [-0.2, 0) is 10.2 Å². The summed E-state index contributed by atoms with van der Waals surface area (Å²) in [6.07, 6.45) is 5.29. The quantitative estimate of drug-likeness (QED) is 0.597. The van der Waals surface area contributed by atoms with E-state index >= 15 is 0 Å². The molecule has 2 aromatic carbocycles. The molecule has 1 saturated heterocycles. The molecule has 1 spiro atoms. The zero-order valence-corrected chi connectivity index (χ0v) is 18.5. The predicted octanol–water partition coefficient (Wildman–Crippen LogP) is 3.81. The van der Waals surface area contributed by atoms with Crippen molar-refractivity contribution in [2.45, 2.75) is 18.3 Å². The maximum absolute atomic E-state index is 14.4. The zero-order valence-electron chi connectivity index (χ0n) is 18.5. The van der Waals surface area contributed by atoms with Crippen molar-refractivity contribution in [2.24, 2.45) is 0 Å². The fourth-order valence-corrected chi connectivity index (χ4v) is 5.02. The summed E-state index contributed by atoms with van der Waals surface area (Å²) in [4.78, 5) is 26.0. The standard InChI is InChI=1S/C26H22FN5O2/c27-21-3-1-2-18(13-28)23(21)19-14-29-25(30-15-19)32-16-26(6-7-26)20-5-4-17(12-22(20)32)24(33)31-8-10-34-11-9-31/h1-5,12,14-15H,6-11,16H2. The summed E-state index contributed by atoms with van der Waals surface area (Å²) >= 11 is 0. The lowest BCUT2D eigenvalue weighted by atomic mass is 9.97. The second-order valence-corrected chi connectivity index (χ2v) is 9.05. The average Bonchev–Trinajstić information content (AvgIpc) is 3.60. The maximum Gasteiger partial charge on any atom is 0.254 e. The van der Waals surface area contributed by atoms with Crippen LogP contribution in [0.1, 0.15) is 34.3 Å². The van der Waals surface area contributed by atoms with Crippen LogP contribution in [0.5, 0.6) is 0 Å². The van der Waals surface area contributed by atoms with E-state index in [4.69, 9.17) is 4.74 Å². The molecule has 7 nitrogen and oxygen atoms in total. The van der Waals surface area contributed by atoms with Gasteiger partial charge >= 0.3 is 0 Å². The summed E-state index contributed by atoms with van der Waals surface area (Å²) in [5, 5.41) is 9.37. The first-order valence-corrected chi connectivity index (χ1v) is 11.4. The Balaban J connectivity index is 1.34. The largest absolute Gasteiger partial charge is 0.378 e. The fraction of sp³-hybridized carbons (Fsp3) is 0.308. The molecule has 170 valence electrons. The Morgan fingerprint density at radius 1 is 1.12 bits per heavy atom. The molecule has 2 aliphatic heterocycles. The van der Waals surface area contributed by atoms with Gasteiger partial charge in [0.25, 0.3) is 5.91 Å². The first-order valence-electron chi connectivity index (χ1n) is 11.4. The molecular weight excluding hydrogens is 433 g/mol. The van der Waals surface area contributed by atoms with Gasteiger partial charge in [-0.3, -0.25) is 4.79 Å². The number of fused-ring (bicyclic) bond motifs is 2. The van der Waals surface area contributed by atoms with Gasteiger partial charge in [0.05, 0.1) is 24.8 Å². The van der Waals surface area contributed by atoms with Gasteiger partial charge in [-0.1, -0.05) is 12.1 Å². The monoisotopic (exact) mass is 455 g/mol. The molecule has 3 aromatic rings. The Kier molecular flexibility index (Phi) is 4.82. The number of ether oxygens (including phenoxy) is 1. The molecule has 0 atom stereocenters. The lowest BCUT2D eigenvalue weighted by Gasteiger charge is -2.27. The van der Waals surface area contributed by atoms with Crippen molar-refractivity contribution in [1.82, 2.24) is 14.9 Å². The molecule has 1 saturated carbocycles. The lowest BCUT2D eigenvalue weighted by molar-refractivity contribution is 0.0303. The van der Waals surface area contributed by atoms with Gasteiger partial charge in [0, 0.05) is 59.8 Å². The molecule has 3 heterocycles. The van der Waals surface area contributed by atoms with Gasteiger partial charge in [-0.15, -0.1) is 0 Å². The van der Waals surface area contributed by atoms with Gasteiger partial charge in [-0.05, 0) is 42.7 Å². The van der Waals surface area contributed by atoms with Gasteiger partial charge < -0.3 is 14.5 Å². The summed E-state index contributed by atoms with van der Waals surface area (Å²) in [7, 11) is 0. The minimum atomic E-state index is -0.481. The molecule has 2 fully saturated rings. The van der Waals surface area contributed by atoms with Gasteiger partial charge in [0.2, 0.25) is 5.95 Å². The number of aromatic nitrogens is 2. The molecule has 34 heavy (non-hydrogen) atoms. The van der Waals surface area contributed by atoms with Gasteiger partial charge in [-0.25, -0.2) is 14.4 Å². The van der Waals surface area contributed by atoms with Crippen LogP contribution in [0.3, 0.4) is 0 Å². The molecule has 1 amide bonds.